The van der Waals surface area contributed by atoms with Gasteiger partial charge in [0, 0.05) is 43.6 Å². The van der Waals surface area contributed by atoms with E-state index in [-0.39, 0.29) is 5.91 Å². The van der Waals surface area contributed by atoms with Gasteiger partial charge in [-0.2, -0.15) is 4.98 Å². The largest absolute Gasteiger partial charge is 0.375 e. The molecule has 3 rings (SSSR count). The maximum absolute atomic E-state index is 11.9. The van der Waals surface area contributed by atoms with Crippen molar-refractivity contribution in [2.45, 2.75) is 32.3 Å². The Morgan fingerprint density at radius 2 is 2.20 bits per heavy atom. The van der Waals surface area contributed by atoms with E-state index in [1.54, 1.807) is 7.11 Å². The number of benzene rings is 1. The molecule has 0 bridgehead atoms. The molecule has 132 valence electrons. The number of H-pyrrole nitrogens is 1. The minimum Gasteiger partial charge on any atom is -0.375 e. The quantitative estimate of drug-likeness (QED) is 0.623. The monoisotopic (exact) mass is 342 g/mol. The Morgan fingerprint density at radius 3 is 3.08 bits per heavy atom. The molecule has 2 heterocycles. The van der Waals surface area contributed by atoms with E-state index in [0.717, 1.165) is 18.4 Å². The van der Waals surface area contributed by atoms with Gasteiger partial charge in [-0.25, -0.2) is 0 Å². The molecule has 2 N–H and O–H groups in total. The van der Waals surface area contributed by atoms with Crippen molar-refractivity contribution >= 4 is 16.8 Å². The van der Waals surface area contributed by atoms with Crippen LogP contribution in [0.15, 0.2) is 35.0 Å². The Kier molecular flexibility index (Phi) is 5.79. The SMILES string of the molecule is COCc1nc(CCNC(=O)CCCc2c[nH]c3ccccc23)no1. The maximum atomic E-state index is 11.9. The van der Waals surface area contributed by atoms with Crippen LogP contribution in [0.4, 0.5) is 0 Å². The normalized spacial score (nSPS) is 11.1. The second-order valence-electron chi connectivity index (χ2n) is 5.85. The fourth-order valence-corrected chi connectivity index (χ4v) is 2.75. The molecule has 7 heteroatoms. The van der Waals surface area contributed by atoms with Crippen molar-refractivity contribution in [1.29, 1.82) is 0 Å². The fraction of sp³-hybridized carbons (Fsp3) is 0.389. The molecule has 7 nitrogen and oxygen atoms in total. The highest BCUT2D eigenvalue weighted by molar-refractivity contribution is 5.83. The molecule has 0 atom stereocenters. The van der Waals surface area contributed by atoms with Crippen LogP contribution in [0, 0.1) is 0 Å². The van der Waals surface area contributed by atoms with Gasteiger partial charge in [0.2, 0.25) is 5.91 Å². The Labute approximate surface area is 145 Å². The molecular formula is C18H22N4O3. The van der Waals surface area contributed by atoms with Crippen molar-refractivity contribution in [3.8, 4) is 0 Å². The summed E-state index contributed by atoms with van der Waals surface area (Å²) >= 11 is 0. The lowest BCUT2D eigenvalue weighted by molar-refractivity contribution is -0.121. The number of aromatic amines is 1. The van der Waals surface area contributed by atoms with Crippen LogP contribution in [0.5, 0.6) is 0 Å². The fourth-order valence-electron chi connectivity index (χ4n) is 2.75. The summed E-state index contributed by atoms with van der Waals surface area (Å²) in [5.74, 6) is 1.06. The third-order valence-corrected chi connectivity index (χ3v) is 3.97. The van der Waals surface area contributed by atoms with E-state index < -0.39 is 0 Å². The van der Waals surface area contributed by atoms with Gasteiger partial charge in [-0.15, -0.1) is 0 Å². The number of nitrogens with zero attached hydrogens (tertiary/aromatic N) is 2. The van der Waals surface area contributed by atoms with Gasteiger partial charge in [0.05, 0.1) is 0 Å². The van der Waals surface area contributed by atoms with Crippen LogP contribution in [-0.2, 0) is 29.0 Å². The number of nitrogens with one attached hydrogen (secondary N) is 2. The van der Waals surface area contributed by atoms with Crippen LogP contribution in [-0.4, -0.2) is 34.7 Å². The number of methoxy groups -OCH3 is 1. The summed E-state index contributed by atoms with van der Waals surface area (Å²) in [5, 5.41) is 7.95. The third kappa shape index (κ3) is 4.67. The average molecular weight is 342 g/mol. The van der Waals surface area contributed by atoms with E-state index in [4.69, 9.17) is 9.26 Å². The highest BCUT2D eigenvalue weighted by Crippen LogP contribution is 2.19. The zero-order chi connectivity index (χ0) is 17.5. The van der Waals surface area contributed by atoms with Gasteiger partial charge < -0.3 is 19.6 Å². The summed E-state index contributed by atoms with van der Waals surface area (Å²) < 4.78 is 9.92. The number of hydrogen-bond donors (Lipinski definition) is 2. The van der Waals surface area contributed by atoms with Gasteiger partial charge in [0.15, 0.2) is 5.82 Å². The lowest BCUT2D eigenvalue weighted by Gasteiger charge is -2.03. The van der Waals surface area contributed by atoms with Crippen molar-refractivity contribution in [3.63, 3.8) is 0 Å². The molecule has 0 aliphatic heterocycles. The van der Waals surface area contributed by atoms with Crippen LogP contribution in [0.2, 0.25) is 0 Å². The minimum atomic E-state index is 0.0421. The van der Waals surface area contributed by atoms with Crippen molar-refractivity contribution in [2.24, 2.45) is 0 Å². The van der Waals surface area contributed by atoms with Crippen LogP contribution in [0.3, 0.4) is 0 Å². The van der Waals surface area contributed by atoms with Gasteiger partial charge in [-0.3, -0.25) is 4.79 Å². The van der Waals surface area contributed by atoms with Gasteiger partial charge in [-0.05, 0) is 24.5 Å². The van der Waals surface area contributed by atoms with E-state index in [1.165, 1.54) is 10.9 Å². The summed E-state index contributed by atoms with van der Waals surface area (Å²) in [6.45, 7) is 0.797. The molecule has 2 aromatic heterocycles. The summed E-state index contributed by atoms with van der Waals surface area (Å²) in [4.78, 5) is 19.4. The zero-order valence-corrected chi connectivity index (χ0v) is 14.2. The number of aromatic nitrogens is 3. The summed E-state index contributed by atoms with van der Waals surface area (Å²) in [6, 6.07) is 8.20. The molecule has 1 aromatic carbocycles. The number of aryl methyl sites for hydroxylation is 1. The highest BCUT2D eigenvalue weighted by atomic mass is 16.5. The van der Waals surface area contributed by atoms with Gasteiger partial charge >= 0.3 is 0 Å². The molecule has 0 aliphatic carbocycles. The molecule has 25 heavy (non-hydrogen) atoms. The molecule has 3 aromatic rings. The zero-order valence-electron chi connectivity index (χ0n) is 14.2. The van der Waals surface area contributed by atoms with Crippen LogP contribution in [0.25, 0.3) is 10.9 Å². The second-order valence-corrected chi connectivity index (χ2v) is 5.85. The number of hydrogen-bond acceptors (Lipinski definition) is 5. The lowest BCUT2D eigenvalue weighted by atomic mass is 10.1. The Hall–Kier alpha value is -2.67. The first-order chi connectivity index (χ1) is 12.3. The first-order valence-electron chi connectivity index (χ1n) is 8.38. The van der Waals surface area contributed by atoms with Gasteiger partial charge in [-0.1, -0.05) is 23.4 Å². The van der Waals surface area contributed by atoms with Crippen LogP contribution >= 0.6 is 0 Å². The first kappa shape index (κ1) is 17.2. The lowest BCUT2D eigenvalue weighted by Crippen LogP contribution is -2.25. The van der Waals surface area contributed by atoms with Gasteiger partial charge in [0.1, 0.15) is 6.61 Å². The molecule has 0 saturated heterocycles. The topological polar surface area (TPSA) is 93.0 Å². The third-order valence-electron chi connectivity index (χ3n) is 3.97. The molecule has 0 saturated carbocycles. The van der Waals surface area contributed by atoms with Gasteiger partial charge in [0.25, 0.3) is 5.89 Å². The molecule has 0 fully saturated rings. The minimum absolute atomic E-state index is 0.0421. The molecule has 0 spiro atoms. The predicted octanol–water partition coefficient (Wildman–Crippen LogP) is 2.38. The Morgan fingerprint density at radius 1 is 1.32 bits per heavy atom. The standard InChI is InChI=1S/C18H22N4O3/c1-24-12-18-21-16(22-25-18)9-10-19-17(23)8-4-5-13-11-20-15-7-3-2-6-14(13)15/h2-3,6-7,11,20H,4-5,8-10,12H2,1H3,(H,19,23). The molecule has 0 unspecified atom stereocenters. The smallest absolute Gasteiger partial charge is 0.252 e. The van der Waals surface area contributed by atoms with Crippen molar-refractivity contribution in [3.05, 3.63) is 47.7 Å². The average Bonchev–Trinajstić information content (AvgIpc) is 3.23. The predicted molar refractivity (Wildman–Crippen MR) is 93.0 cm³/mol. The van der Waals surface area contributed by atoms with Crippen molar-refractivity contribution in [2.75, 3.05) is 13.7 Å². The molecule has 0 aliphatic rings. The number of ether oxygens (including phenoxy) is 1. The number of amides is 1. The van der Waals surface area contributed by atoms with E-state index >= 15 is 0 Å². The summed E-state index contributed by atoms with van der Waals surface area (Å²) in [5.41, 5.74) is 2.38. The second kappa shape index (κ2) is 8.43. The van der Waals surface area contributed by atoms with Crippen LogP contribution in [0.1, 0.15) is 30.1 Å². The number of carbonyl (C=O) groups excluding carboxylic acids is 1. The number of fused-ring (bicyclic) bond motifs is 1. The summed E-state index contributed by atoms with van der Waals surface area (Å²) in [6.07, 6.45) is 4.76. The number of rotatable bonds is 9. The number of carbonyl (C=O) groups is 1. The Balaban J connectivity index is 1.36. The molecular weight excluding hydrogens is 320 g/mol. The maximum Gasteiger partial charge on any atom is 0.252 e. The van der Waals surface area contributed by atoms with Crippen molar-refractivity contribution in [1.82, 2.24) is 20.4 Å². The van der Waals surface area contributed by atoms with E-state index in [9.17, 15) is 4.79 Å². The van der Waals surface area contributed by atoms with Crippen LogP contribution < -0.4 is 5.32 Å². The van der Waals surface area contributed by atoms with Crippen molar-refractivity contribution < 1.29 is 14.1 Å². The summed E-state index contributed by atoms with van der Waals surface area (Å²) in [7, 11) is 1.57. The number of para-hydroxylation sites is 1. The highest BCUT2D eigenvalue weighted by Gasteiger charge is 2.08. The molecule has 0 radical (unpaired) electrons. The van der Waals surface area contributed by atoms with E-state index in [0.29, 0.717) is 37.7 Å². The first-order valence-corrected chi connectivity index (χ1v) is 8.38. The Bertz CT molecular complexity index is 824. The van der Waals surface area contributed by atoms with E-state index in [2.05, 4.69) is 32.6 Å². The van der Waals surface area contributed by atoms with E-state index in [1.807, 2.05) is 18.3 Å². The molecule has 1 amide bonds.